The molecule has 1 aromatic carbocycles. The first kappa shape index (κ1) is 14.7. The van der Waals surface area contributed by atoms with Crippen molar-refractivity contribution in [2.45, 2.75) is 43.4 Å². The molecule has 1 saturated heterocycles. The van der Waals surface area contributed by atoms with E-state index >= 15 is 0 Å². The average Bonchev–Trinajstić information content (AvgIpc) is 2.87. The van der Waals surface area contributed by atoms with Crippen molar-refractivity contribution in [1.29, 1.82) is 0 Å². The second-order valence-corrected chi connectivity index (χ2v) is 8.00. The van der Waals surface area contributed by atoms with Crippen LogP contribution in [0.5, 0.6) is 0 Å². The van der Waals surface area contributed by atoms with E-state index in [1.807, 2.05) is 0 Å². The van der Waals surface area contributed by atoms with Gasteiger partial charge >= 0.3 is 0 Å². The number of anilines is 2. The highest BCUT2D eigenvalue weighted by Crippen LogP contribution is 2.47. The van der Waals surface area contributed by atoms with E-state index in [-0.39, 0.29) is 4.90 Å². The SMILES string of the molecule is Nc1ccc(N2CCC3(CCCC3)CC2)c(S(N)(=O)=O)c1. The van der Waals surface area contributed by atoms with E-state index in [0.29, 0.717) is 16.8 Å². The number of hydrogen-bond acceptors (Lipinski definition) is 4. The highest BCUT2D eigenvalue weighted by Gasteiger charge is 2.37. The lowest BCUT2D eigenvalue weighted by atomic mass is 9.77. The number of nitrogens with zero attached hydrogens (tertiary/aromatic N) is 1. The molecule has 0 amide bonds. The molecule has 0 aromatic heterocycles. The van der Waals surface area contributed by atoms with Gasteiger partial charge in [-0.3, -0.25) is 0 Å². The molecule has 116 valence electrons. The van der Waals surface area contributed by atoms with Gasteiger partial charge in [0, 0.05) is 18.8 Å². The fourth-order valence-corrected chi connectivity index (χ4v) is 4.66. The molecule has 0 bridgehead atoms. The van der Waals surface area contributed by atoms with E-state index in [9.17, 15) is 8.42 Å². The van der Waals surface area contributed by atoms with E-state index in [4.69, 9.17) is 10.9 Å². The zero-order valence-corrected chi connectivity index (χ0v) is 13.0. The number of piperidine rings is 1. The van der Waals surface area contributed by atoms with Gasteiger partial charge in [0.25, 0.3) is 0 Å². The maximum Gasteiger partial charge on any atom is 0.240 e. The standard InChI is InChI=1S/C15H23N3O2S/c16-12-3-4-13(14(11-12)21(17,19)20)18-9-7-15(8-10-18)5-1-2-6-15/h3-4,11H,1-2,5-10,16H2,(H2,17,19,20). The number of hydrogen-bond donors (Lipinski definition) is 2. The summed E-state index contributed by atoms with van der Waals surface area (Å²) >= 11 is 0. The molecule has 4 N–H and O–H groups in total. The van der Waals surface area contributed by atoms with Crippen LogP contribution < -0.4 is 15.8 Å². The highest BCUT2D eigenvalue weighted by molar-refractivity contribution is 7.89. The molecule has 2 aliphatic rings. The topological polar surface area (TPSA) is 89.4 Å². The minimum Gasteiger partial charge on any atom is -0.399 e. The zero-order chi connectivity index (χ0) is 15.1. The van der Waals surface area contributed by atoms with Crippen molar-refractivity contribution in [1.82, 2.24) is 0 Å². The molecule has 2 fully saturated rings. The van der Waals surface area contributed by atoms with E-state index in [0.717, 1.165) is 25.9 Å². The molecule has 0 radical (unpaired) electrons. The third-order valence-electron chi connectivity index (χ3n) is 5.12. The van der Waals surface area contributed by atoms with Crippen molar-refractivity contribution < 1.29 is 8.42 Å². The number of rotatable bonds is 2. The molecule has 1 aromatic rings. The summed E-state index contributed by atoms with van der Waals surface area (Å²) < 4.78 is 23.6. The van der Waals surface area contributed by atoms with Crippen LogP contribution in [0.2, 0.25) is 0 Å². The maximum atomic E-state index is 11.8. The van der Waals surface area contributed by atoms with Crippen LogP contribution in [0.1, 0.15) is 38.5 Å². The molecule has 3 rings (SSSR count). The zero-order valence-electron chi connectivity index (χ0n) is 12.2. The molecular formula is C15H23N3O2S. The number of benzene rings is 1. The number of nitrogen functional groups attached to an aromatic ring is 1. The molecule has 21 heavy (non-hydrogen) atoms. The molecule has 1 aliphatic carbocycles. The van der Waals surface area contributed by atoms with Crippen LogP contribution in [0.25, 0.3) is 0 Å². The average molecular weight is 309 g/mol. The number of sulfonamides is 1. The van der Waals surface area contributed by atoms with Crippen LogP contribution in [0.3, 0.4) is 0 Å². The minimum absolute atomic E-state index is 0.143. The maximum absolute atomic E-state index is 11.8. The van der Waals surface area contributed by atoms with Gasteiger partial charge in [-0.15, -0.1) is 0 Å². The fourth-order valence-electron chi connectivity index (χ4n) is 3.87. The third-order valence-corrected chi connectivity index (χ3v) is 6.06. The quantitative estimate of drug-likeness (QED) is 0.818. The Morgan fingerprint density at radius 3 is 2.24 bits per heavy atom. The lowest BCUT2D eigenvalue weighted by Crippen LogP contribution is -2.39. The molecular weight excluding hydrogens is 286 g/mol. The molecule has 0 atom stereocenters. The predicted molar refractivity (Wildman–Crippen MR) is 84.6 cm³/mol. The van der Waals surface area contributed by atoms with Gasteiger partial charge in [0.2, 0.25) is 10.0 Å². The van der Waals surface area contributed by atoms with Crippen LogP contribution in [0, 0.1) is 5.41 Å². The first-order valence-corrected chi connectivity index (χ1v) is 9.12. The van der Waals surface area contributed by atoms with Gasteiger partial charge in [-0.05, 0) is 49.3 Å². The van der Waals surface area contributed by atoms with Crippen molar-refractivity contribution in [3.63, 3.8) is 0 Å². The Labute approximate surface area is 126 Å². The normalized spacial score (nSPS) is 21.9. The van der Waals surface area contributed by atoms with E-state index < -0.39 is 10.0 Å². The van der Waals surface area contributed by atoms with Crippen molar-refractivity contribution in [3.05, 3.63) is 18.2 Å². The van der Waals surface area contributed by atoms with Gasteiger partial charge in [-0.2, -0.15) is 0 Å². The minimum atomic E-state index is -3.75. The summed E-state index contributed by atoms with van der Waals surface area (Å²) in [5.41, 5.74) is 7.33. The van der Waals surface area contributed by atoms with Crippen molar-refractivity contribution >= 4 is 21.4 Å². The molecule has 1 aliphatic heterocycles. The summed E-state index contributed by atoms with van der Waals surface area (Å²) in [6.45, 7) is 1.79. The van der Waals surface area contributed by atoms with Crippen molar-refractivity contribution in [2.24, 2.45) is 10.6 Å². The smallest absolute Gasteiger partial charge is 0.240 e. The van der Waals surface area contributed by atoms with Gasteiger partial charge < -0.3 is 10.6 Å². The lowest BCUT2D eigenvalue weighted by Gasteiger charge is -2.41. The Balaban J connectivity index is 1.85. The van der Waals surface area contributed by atoms with E-state index in [1.54, 1.807) is 12.1 Å². The van der Waals surface area contributed by atoms with Gasteiger partial charge in [0.1, 0.15) is 4.90 Å². The fraction of sp³-hybridized carbons (Fsp3) is 0.600. The van der Waals surface area contributed by atoms with Crippen LogP contribution in [0.4, 0.5) is 11.4 Å². The van der Waals surface area contributed by atoms with Gasteiger partial charge in [-0.25, -0.2) is 13.6 Å². The predicted octanol–water partition coefficient (Wildman–Crippen LogP) is 2.08. The van der Waals surface area contributed by atoms with Gasteiger partial charge in [0.05, 0.1) is 5.69 Å². The summed E-state index contributed by atoms with van der Waals surface area (Å²) in [7, 11) is -3.75. The largest absolute Gasteiger partial charge is 0.399 e. The highest BCUT2D eigenvalue weighted by atomic mass is 32.2. The third kappa shape index (κ3) is 2.87. The van der Waals surface area contributed by atoms with Crippen molar-refractivity contribution in [2.75, 3.05) is 23.7 Å². The molecule has 1 heterocycles. The van der Waals surface area contributed by atoms with E-state index in [2.05, 4.69) is 4.90 Å². The Morgan fingerprint density at radius 1 is 1.05 bits per heavy atom. The Hall–Kier alpha value is -1.27. The monoisotopic (exact) mass is 309 g/mol. The Kier molecular flexibility index (Phi) is 3.61. The number of nitrogens with two attached hydrogens (primary N) is 2. The summed E-state index contributed by atoms with van der Waals surface area (Å²) in [5, 5.41) is 5.34. The summed E-state index contributed by atoms with van der Waals surface area (Å²) in [4.78, 5) is 2.29. The van der Waals surface area contributed by atoms with Crippen LogP contribution in [-0.4, -0.2) is 21.5 Å². The number of primary sulfonamides is 1. The van der Waals surface area contributed by atoms with Crippen LogP contribution in [0.15, 0.2) is 23.1 Å². The lowest BCUT2D eigenvalue weighted by molar-refractivity contribution is 0.226. The van der Waals surface area contributed by atoms with Crippen molar-refractivity contribution in [3.8, 4) is 0 Å². The Morgan fingerprint density at radius 2 is 1.67 bits per heavy atom. The molecule has 1 saturated carbocycles. The summed E-state index contributed by atoms with van der Waals surface area (Å²) in [5.74, 6) is 0. The second-order valence-electron chi connectivity index (χ2n) is 6.47. The molecule has 1 spiro atoms. The molecule has 0 unspecified atom stereocenters. The van der Waals surface area contributed by atoms with Crippen LogP contribution in [-0.2, 0) is 10.0 Å². The van der Waals surface area contributed by atoms with Gasteiger partial charge in [-0.1, -0.05) is 12.8 Å². The summed E-state index contributed by atoms with van der Waals surface area (Å²) in [6, 6.07) is 4.98. The summed E-state index contributed by atoms with van der Waals surface area (Å²) in [6.07, 6.45) is 7.60. The first-order valence-electron chi connectivity index (χ1n) is 7.57. The molecule has 5 nitrogen and oxygen atoms in total. The van der Waals surface area contributed by atoms with Gasteiger partial charge in [0.15, 0.2) is 0 Å². The van der Waals surface area contributed by atoms with E-state index in [1.165, 1.54) is 31.7 Å². The van der Waals surface area contributed by atoms with Crippen LogP contribution >= 0.6 is 0 Å². The molecule has 6 heteroatoms. The second kappa shape index (κ2) is 5.18. The Bertz CT molecular complexity index is 626. The first-order chi connectivity index (χ1) is 9.90.